The topological polar surface area (TPSA) is 35.5 Å². The molecule has 0 aliphatic heterocycles. The van der Waals surface area contributed by atoms with Crippen molar-refractivity contribution in [3.63, 3.8) is 0 Å². The van der Waals surface area contributed by atoms with Gasteiger partial charge in [-0.15, -0.1) is 0 Å². The number of carbonyl (C=O) groups excluding carboxylic acids is 1. The Morgan fingerprint density at radius 3 is 2.17 bits per heavy atom. The van der Waals surface area contributed by atoms with Crippen LogP contribution in [-0.4, -0.2) is 11.3 Å². The summed E-state index contributed by atoms with van der Waals surface area (Å²) in [6, 6.07) is 9.26. The molecule has 128 valence electrons. The van der Waals surface area contributed by atoms with Crippen molar-refractivity contribution in [2.75, 3.05) is 0 Å². The minimum atomic E-state index is -4.40. The zero-order valence-corrected chi connectivity index (χ0v) is 13.6. The molecule has 7 heteroatoms. The van der Waals surface area contributed by atoms with Crippen LogP contribution in [0.25, 0.3) is 0 Å². The van der Waals surface area contributed by atoms with Crippen molar-refractivity contribution in [1.29, 1.82) is 0 Å². The Morgan fingerprint density at radius 1 is 1.04 bits per heavy atom. The molecule has 0 fully saturated rings. The first-order valence-electron chi connectivity index (χ1n) is 6.98. The first-order valence-corrected chi connectivity index (χ1v) is 7.36. The molecule has 0 aliphatic rings. The predicted molar refractivity (Wildman–Crippen MR) is 83.6 cm³/mol. The predicted octanol–water partition coefficient (Wildman–Crippen LogP) is 5.34. The van der Waals surface area contributed by atoms with Gasteiger partial charge in [0.25, 0.3) is 5.24 Å². The molecule has 0 saturated heterocycles. The van der Waals surface area contributed by atoms with Crippen LogP contribution in [0.1, 0.15) is 18.1 Å². The SMILES string of the molecule is Cc1cc(Oc2ccc(C(F)(F)F)cc2)cc(OC(C)C(=O)Cl)c1. The molecular weight excluding hydrogens is 345 g/mol. The molecule has 1 unspecified atom stereocenters. The summed E-state index contributed by atoms with van der Waals surface area (Å²) >= 11 is 5.35. The average molecular weight is 359 g/mol. The summed E-state index contributed by atoms with van der Waals surface area (Å²) in [5.41, 5.74) is 0.0428. The molecule has 1 atom stereocenters. The Balaban J connectivity index is 2.17. The lowest BCUT2D eigenvalue weighted by Crippen LogP contribution is -2.18. The normalized spacial score (nSPS) is 12.6. The fraction of sp³-hybridized carbons (Fsp3) is 0.235. The van der Waals surface area contributed by atoms with E-state index in [1.165, 1.54) is 25.1 Å². The monoisotopic (exact) mass is 358 g/mol. The Labute approximate surface area is 142 Å². The van der Waals surface area contributed by atoms with E-state index in [2.05, 4.69) is 0 Å². The molecule has 3 nitrogen and oxygen atoms in total. The smallest absolute Gasteiger partial charge is 0.416 e. The quantitative estimate of drug-likeness (QED) is 0.677. The summed E-state index contributed by atoms with van der Waals surface area (Å²) in [6.07, 6.45) is -5.22. The zero-order valence-electron chi connectivity index (χ0n) is 12.9. The second-order valence-electron chi connectivity index (χ2n) is 5.17. The van der Waals surface area contributed by atoms with Gasteiger partial charge in [0, 0.05) is 6.07 Å². The number of hydrogen-bond donors (Lipinski definition) is 0. The van der Waals surface area contributed by atoms with Crippen LogP contribution < -0.4 is 9.47 Å². The highest BCUT2D eigenvalue weighted by Gasteiger charge is 2.30. The molecule has 0 N–H and O–H groups in total. The molecule has 0 aliphatic carbocycles. The van der Waals surface area contributed by atoms with Crippen molar-refractivity contribution >= 4 is 16.8 Å². The first kappa shape index (κ1) is 18.1. The number of hydrogen-bond acceptors (Lipinski definition) is 3. The van der Waals surface area contributed by atoms with Crippen LogP contribution in [-0.2, 0) is 11.0 Å². The summed E-state index contributed by atoms with van der Waals surface area (Å²) in [4.78, 5) is 11.0. The number of alkyl halides is 3. The lowest BCUT2D eigenvalue weighted by Gasteiger charge is -2.14. The third-order valence-electron chi connectivity index (χ3n) is 3.07. The van der Waals surface area contributed by atoms with Gasteiger partial charge in [-0.25, -0.2) is 0 Å². The number of carbonyl (C=O) groups is 1. The lowest BCUT2D eigenvalue weighted by molar-refractivity contribution is -0.137. The highest BCUT2D eigenvalue weighted by Crippen LogP contribution is 2.32. The van der Waals surface area contributed by atoms with Gasteiger partial charge >= 0.3 is 6.18 Å². The standard InChI is InChI=1S/C17H14ClF3O3/c1-10-7-14(23-11(2)16(18)22)9-15(8-10)24-13-5-3-12(4-6-13)17(19,20)21/h3-9,11H,1-2H3. The van der Waals surface area contributed by atoms with Gasteiger partial charge in [-0.3, -0.25) is 4.79 Å². The molecule has 0 amide bonds. The van der Waals surface area contributed by atoms with Crippen molar-refractivity contribution in [2.24, 2.45) is 0 Å². The van der Waals surface area contributed by atoms with E-state index in [1.807, 2.05) is 0 Å². The van der Waals surface area contributed by atoms with Gasteiger partial charge in [0.2, 0.25) is 0 Å². The molecule has 2 aromatic carbocycles. The van der Waals surface area contributed by atoms with Crippen molar-refractivity contribution in [1.82, 2.24) is 0 Å². The average Bonchev–Trinajstić information content (AvgIpc) is 2.46. The largest absolute Gasteiger partial charge is 0.481 e. The van der Waals surface area contributed by atoms with Crippen molar-refractivity contribution in [3.8, 4) is 17.2 Å². The number of aryl methyl sites for hydroxylation is 1. The molecule has 0 saturated carbocycles. The maximum Gasteiger partial charge on any atom is 0.416 e. The summed E-state index contributed by atoms with van der Waals surface area (Å²) in [5.74, 6) is 0.999. The minimum Gasteiger partial charge on any atom is -0.481 e. The molecule has 2 aromatic rings. The number of rotatable bonds is 5. The third kappa shape index (κ3) is 4.89. The van der Waals surface area contributed by atoms with Crippen LogP contribution in [0.4, 0.5) is 13.2 Å². The zero-order chi connectivity index (χ0) is 17.9. The number of benzene rings is 2. The number of halogens is 4. The Hall–Kier alpha value is -2.21. The molecule has 0 aromatic heterocycles. The highest BCUT2D eigenvalue weighted by molar-refractivity contribution is 6.64. The molecule has 0 spiro atoms. The van der Waals surface area contributed by atoms with E-state index in [0.717, 1.165) is 17.7 Å². The maximum absolute atomic E-state index is 12.5. The van der Waals surface area contributed by atoms with Gasteiger partial charge in [0.05, 0.1) is 5.56 Å². The molecular formula is C17H14ClF3O3. The third-order valence-corrected chi connectivity index (χ3v) is 3.38. The summed E-state index contributed by atoms with van der Waals surface area (Å²) < 4.78 is 48.6. The van der Waals surface area contributed by atoms with Gasteiger partial charge in [-0.1, -0.05) is 0 Å². The molecule has 0 radical (unpaired) electrons. The van der Waals surface area contributed by atoms with E-state index in [0.29, 0.717) is 11.5 Å². The van der Waals surface area contributed by atoms with Crippen LogP contribution >= 0.6 is 11.6 Å². The molecule has 2 rings (SSSR count). The minimum absolute atomic E-state index is 0.251. The summed E-state index contributed by atoms with van der Waals surface area (Å²) in [5, 5.41) is -0.637. The van der Waals surface area contributed by atoms with E-state index < -0.39 is 23.1 Å². The maximum atomic E-state index is 12.5. The van der Waals surface area contributed by atoms with E-state index in [9.17, 15) is 18.0 Å². The van der Waals surface area contributed by atoms with Crippen LogP contribution in [0.3, 0.4) is 0 Å². The molecule has 24 heavy (non-hydrogen) atoms. The van der Waals surface area contributed by atoms with Gasteiger partial charge in [0.1, 0.15) is 17.2 Å². The van der Waals surface area contributed by atoms with Crippen molar-refractivity contribution < 1.29 is 27.4 Å². The van der Waals surface area contributed by atoms with Crippen LogP contribution in [0.15, 0.2) is 42.5 Å². The van der Waals surface area contributed by atoms with E-state index in [1.54, 1.807) is 19.1 Å². The Kier molecular flexibility index (Phi) is 5.39. The Bertz CT molecular complexity index is 727. The van der Waals surface area contributed by atoms with Gasteiger partial charge < -0.3 is 9.47 Å². The Morgan fingerprint density at radius 2 is 1.62 bits per heavy atom. The fourth-order valence-electron chi connectivity index (χ4n) is 1.94. The second kappa shape index (κ2) is 7.13. The van der Waals surface area contributed by atoms with Crippen molar-refractivity contribution in [2.45, 2.75) is 26.1 Å². The van der Waals surface area contributed by atoms with Gasteiger partial charge in [0.15, 0.2) is 6.10 Å². The van der Waals surface area contributed by atoms with Crippen LogP contribution in [0.5, 0.6) is 17.2 Å². The highest BCUT2D eigenvalue weighted by atomic mass is 35.5. The van der Waals surface area contributed by atoms with Crippen LogP contribution in [0.2, 0.25) is 0 Å². The van der Waals surface area contributed by atoms with E-state index in [4.69, 9.17) is 21.1 Å². The first-order chi connectivity index (χ1) is 11.1. The van der Waals surface area contributed by atoms with E-state index >= 15 is 0 Å². The van der Waals surface area contributed by atoms with Gasteiger partial charge in [-0.2, -0.15) is 13.2 Å². The van der Waals surface area contributed by atoms with E-state index in [-0.39, 0.29) is 5.75 Å². The fourth-order valence-corrected chi connectivity index (χ4v) is 1.98. The summed E-state index contributed by atoms with van der Waals surface area (Å²) in [6.45, 7) is 3.30. The summed E-state index contributed by atoms with van der Waals surface area (Å²) in [7, 11) is 0. The lowest BCUT2D eigenvalue weighted by atomic mass is 10.2. The molecule has 0 bridgehead atoms. The van der Waals surface area contributed by atoms with Crippen molar-refractivity contribution in [3.05, 3.63) is 53.6 Å². The second-order valence-corrected chi connectivity index (χ2v) is 5.54. The molecule has 0 heterocycles. The number of ether oxygens (including phenoxy) is 2. The van der Waals surface area contributed by atoms with Crippen LogP contribution in [0, 0.1) is 6.92 Å². The van der Waals surface area contributed by atoms with Gasteiger partial charge in [-0.05, 0) is 67.4 Å².